The van der Waals surface area contributed by atoms with Crippen molar-refractivity contribution >= 4 is 34.2 Å². The molecule has 3 aromatic rings. The Balaban J connectivity index is 1.92. The normalized spacial score (nSPS) is 10.7. The molecule has 0 bridgehead atoms. The van der Waals surface area contributed by atoms with Crippen molar-refractivity contribution in [3.63, 3.8) is 0 Å². The predicted octanol–water partition coefficient (Wildman–Crippen LogP) is 3.37. The molecule has 0 aliphatic rings. The number of nitrogens with one attached hydrogen (secondary N) is 1. The molecule has 0 aliphatic heterocycles. The Morgan fingerprint density at radius 2 is 1.96 bits per heavy atom. The Morgan fingerprint density at radius 3 is 2.64 bits per heavy atom. The van der Waals surface area contributed by atoms with E-state index in [1.807, 2.05) is 13.0 Å². The van der Waals surface area contributed by atoms with Crippen LogP contribution in [0.3, 0.4) is 0 Å². The summed E-state index contributed by atoms with van der Waals surface area (Å²) in [5, 5.41) is 11.3. The molecule has 1 amide bonds. The number of halogens is 1. The first-order valence-electron chi connectivity index (χ1n) is 7.63. The maximum atomic E-state index is 12.6. The van der Waals surface area contributed by atoms with Crippen molar-refractivity contribution in [3.05, 3.63) is 40.9 Å². The Labute approximate surface area is 149 Å². The number of hydrogen-bond donors (Lipinski definition) is 1. The number of nitrogens with zero attached hydrogens (tertiary/aromatic N) is 3. The third kappa shape index (κ3) is 3.23. The number of aryl methyl sites for hydroxylation is 1. The molecule has 130 valence electrons. The number of fused-ring (bicyclic) bond motifs is 1. The van der Waals surface area contributed by atoms with Gasteiger partial charge in [0.25, 0.3) is 5.91 Å². The SMILES string of the molecule is CCn1nnc2cc(C(=O)Nc3cc(OC)c(Cl)cc3OC)ccc21. The van der Waals surface area contributed by atoms with E-state index in [2.05, 4.69) is 15.6 Å². The molecule has 1 N–H and O–H groups in total. The van der Waals surface area contributed by atoms with Gasteiger partial charge < -0.3 is 14.8 Å². The quantitative estimate of drug-likeness (QED) is 0.754. The summed E-state index contributed by atoms with van der Waals surface area (Å²) in [5.74, 6) is 0.590. The van der Waals surface area contributed by atoms with Gasteiger partial charge in [0, 0.05) is 24.2 Å². The lowest BCUT2D eigenvalue weighted by Gasteiger charge is -2.13. The number of carbonyl (C=O) groups excluding carboxylic acids is 1. The van der Waals surface area contributed by atoms with Crippen molar-refractivity contribution in [1.82, 2.24) is 15.0 Å². The fourth-order valence-electron chi connectivity index (χ4n) is 2.50. The van der Waals surface area contributed by atoms with E-state index in [1.54, 1.807) is 28.9 Å². The van der Waals surface area contributed by atoms with Crippen LogP contribution in [0.15, 0.2) is 30.3 Å². The molecule has 3 rings (SSSR count). The number of methoxy groups -OCH3 is 2. The minimum atomic E-state index is -0.296. The van der Waals surface area contributed by atoms with Crippen LogP contribution < -0.4 is 14.8 Å². The predicted molar refractivity (Wildman–Crippen MR) is 95.7 cm³/mol. The number of ether oxygens (including phenoxy) is 2. The van der Waals surface area contributed by atoms with Crippen LogP contribution in [0.1, 0.15) is 17.3 Å². The van der Waals surface area contributed by atoms with E-state index < -0.39 is 0 Å². The van der Waals surface area contributed by atoms with E-state index >= 15 is 0 Å². The summed E-state index contributed by atoms with van der Waals surface area (Å²) in [7, 11) is 3.01. The summed E-state index contributed by atoms with van der Waals surface area (Å²) in [6, 6.07) is 8.46. The molecule has 0 saturated heterocycles. The highest BCUT2D eigenvalue weighted by molar-refractivity contribution is 6.32. The molecular formula is C17H17ClN4O3. The van der Waals surface area contributed by atoms with Gasteiger partial charge in [-0.05, 0) is 25.1 Å². The molecule has 0 radical (unpaired) electrons. The van der Waals surface area contributed by atoms with Gasteiger partial charge in [-0.1, -0.05) is 16.8 Å². The summed E-state index contributed by atoms with van der Waals surface area (Å²) in [6.45, 7) is 2.69. The van der Waals surface area contributed by atoms with Crippen molar-refractivity contribution in [2.45, 2.75) is 13.5 Å². The number of anilines is 1. The number of aromatic nitrogens is 3. The van der Waals surface area contributed by atoms with Gasteiger partial charge in [-0.3, -0.25) is 4.79 Å². The second-order valence-electron chi connectivity index (χ2n) is 5.25. The standard InChI is InChI=1S/C17H17ClN4O3/c1-4-22-14-6-5-10(7-12(14)20-21-22)17(23)19-13-9-15(24-2)11(18)8-16(13)25-3/h5-9H,4H2,1-3H3,(H,19,23). The fourth-order valence-corrected chi connectivity index (χ4v) is 2.73. The lowest BCUT2D eigenvalue weighted by molar-refractivity contribution is 0.102. The number of hydrogen-bond acceptors (Lipinski definition) is 5. The summed E-state index contributed by atoms with van der Waals surface area (Å²) >= 11 is 6.08. The molecule has 0 aliphatic carbocycles. The highest BCUT2D eigenvalue weighted by Crippen LogP contribution is 2.36. The first-order chi connectivity index (χ1) is 12.1. The monoisotopic (exact) mass is 360 g/mol. The minimum Gasteiger partial charge on any atom is -0.495 e. The van der Waals surface area contributed by atoms with E-state index in [1.165, 1.54) is 14.2 Å². The summed E-state index contributed by atoms with van der Waals surface area (Å²) in [5.41, 5.74) is 2.47. The molecule has 0 fully saturated rings. The summed E-state index contributed by atoms with van der Waals surface area (Å²) in [6.07, 6.45) is 0. The van der Waals surface area contributed by atoms with Crippen LogP contribution in [0.5, 0.6) is 11.5 Å². The van der Waals surface area contributed by atoms with Crippen LogP contribution in [0.2, 0.25) is 5.02 Å². The van der Waals surface area contributed by atoms with Crippen molar-refractivity contribution in [1.29, 1.82) is 0 Å². The van der Waals surface area contributed by atoms with E-state index in [0.717, 1.165) is 5.52 Å². The summed E-state index contributed by atoms with van der Waals surface area (Å²) < 4.78 is 12.2. The van der Waals surface area contributed by atoms with Gasteiger partial charge in [-0.25, -0.2) is 4.68 Å². The van der Waals surface area contributed by atoms with Gasteiger partial charge in [-0.2, -0.15) is 0 Å². The van der Waals surface area contributed by atoms with Crippen LogP contribution in [0.25, 0.3) is 11.0 Å². The van der Waals surface area contributed by atoms with Gasteiger partial charge >= 0.3 is 0 Å². The molecule has 1 heterocycles. The minimum absolute atomic E-state index is 0.296. The molecule has 1 aromatic heterocycles. The number of amides is 1. The molecule has 7 nitrogen and oxygen atoms in total. The van der Waals surface area contributed by atoms with E-state index in [-0.39, 0.29) is 5.91 Å². The highest BCUT2D eigenvalue weighted by Gasteiger charge is 2.15. The second kappa shape index (κ2) is 6.98. The zero-order chi connectivity index (χ0) is 18.0. The molecular weight excluding hydrogens is 344 g/mol. The first kappa shape index (κ1) is 17.0. The lowest BCUT2D eigenvalue weighted by atomic mass is 10.1. The second-order valence-corrected chi connectivity index (χ2v) is 5.66. The number of benzene rings is 2. The molecule has 2 aromatic carbocycles. The van der Waals surface area contributed by atoms with Gasteiger partial charge in [0.05, 0.1) is 30.4 Å². The molecule has 0 spiro atoms. The Kier molecular flexibility index (Phi) is 4.76. The van der Waals surface area contributed by atoms with Crippen LogP contribution in [-0.2, 0) is 6.54 Å². The third-order valence-corrected chi connectivity index (χ3v) is 4.09. The highest BCUT2D eigenvalue weighted by atomic mass is 35.5. The zero-order valence-electron chi connectivity index (χ0n) is 14.0. The zero-order valence-corrected chi connectivity index (χ0v) is 14.8. The Hall–Kier alpha value is -2.80. The van der Waals surface area contributed by atoms with Crippen LogP contribution in [0, 0.1) is 0 Å². The van der Waals surface area contributed by atoms with E-state index in [9.17, 15) is 4.79 Å². The van der Waals surface area contributed by atoms with Crippen molar-refractivity contribution in [3.8, 4) is 11.5 Å². The average Bonchev–Trinajstić information content (AvgIpc) is 3.04. The average molecular weight is 361 g/mol. The third-order valence-electron chi connectivity index (χ3n) is 3.80. The van der Waals surface area contributed by atoms with Gasteiger partial charge in [0.1, 0.15) is 17.0 Å². The largest absolute Gasteiger partial charge is 0.495 e. The maximum Gasteiger partial charge on any atom is 0.255 e. The Morgan fingerprint density at radius 1 is 1.20 bits per heavy atom. The molecule has 0 atom stereocenters. The molecule has 0 unspecified atom stereocenters. The Bertz CT molecular complexity index is 939. The lowest BCUT2D eigenvalue weighted by Crippen LogP contribution is -2.13. The fraction of sp³-hybridized carbons (Fsp3) is 0.235. The topological polar surface area (TPSA) is 78.3 Å². The first-order valence-corrected chi connectivity index (χ1v) is 8.01. The van der Waals surface area contributed by atoms with Gasteiger partial charge in [-0.15, -0.1) is 5.10 Å². The molecule has 0 saturated carbocycles. The van der Waals surface area contributed by atoms with Crippen molar-refractivity contribution < 1.29 is 14.3 Å². The molecule has 25 heavy (non-hydrogen) atoms. The number of rotatable bonds is 5. The van der Waals surface area contributed by atoms with E-state index in [0.29, 0.717) is 39.8 Å². The van der Waals surface area contributed by atoms with Crippen LogP contribution >= 0.6 is 11.6 Å². The van der Waals surface area contributed by atoms with Crippen LogP contribution in [0.4, 0.5) is 5.69 Å². The number of carbonyl (C=O) groups is 1. The van der Waals surface area contributed by atoms with Gasteiger partial charge in [0.2, 0.25) is 0 Å². The van der Waals surface area contributed by atoms with Crippen LogP contribution in [-0.4, -0.2) is 35.1 Å². The maximum absolute atomic E-state index is 12.6. The van der Waals surface area contributed by atoms with E-state index in [4.69, 9.17) is 21.1 Å². The van der Waals surface area contributed by atoms with Gasteiger partial charge in [0.15, 0.2) is 0 Å². The smallest absolute Gasteiger partial charge is 0.255 e. The molecule has 8 heteroatoms. The van der Waals surface area contributed by atoms with Crippen molar-refractivity contribution in [2.24, 2.45) is 0 Å². The summed E-state index contributed by atoms with van der Waals surface area (Å²) in [4.78, 5) is 12.6. The van der Waals surface area contributed by atoms with Crippen molar-refractivity contribution in [2.75, 3.05) is 19.5 Å².